The number of rotatable bonds is 8. The van der Waals surface area contributed by atoms with Crippen LogP contribution in [0.15, 0.2) is 24.4 Å². The Morgan fingerprint density at radius 2 is 2.04 bits per heavy atom. The first-order valence-electron chi connectivity index (χ1n) is 8.50. The third-order valence-corrected chi connectivity index (χ3v) is 3.90. The smallest absolute Gasteiger partial charge is 0.326 e. The van der Waals surface area contributed by atoms with Crippen LogP contribution in [-0.4, -0.2) is 47.3 Å². The van der Waals surface area contributed by atoms with Crippen molar-refractivity contribution in [1.29, 1.82) is 0 Å². The fraction of sp³-hybridized carbons (Fsp3) is 0.474. The van der Waals surface area contributed by atoms with E-state index in [1.54, 1.807) is 13.3 Å². The van der Waals surface area contributed by atoms with Gasteiger partial charge < -0.3 is 24.9 Å². The van der Waals surface area contributed by atoms with Gasteiger partial charge in [-0.05, 0) is 38.5 Å². The summed E-state index contributed by atoms with van der Waals surface area (Å²) < 4.78 is 10.9. The maximum Gasteiger partial charge on any atom is 0.326 e. The van der Waals surface area contributed by atoms with Gasteiger partial charge in [-0.15, -0.1) is 0 Å². The van der Waals surface area contributed by atoms with Crippen LogP contribution < -0.4 is 10.1 Å². The number of aliphatic carboxylic acids is 1. The molecule has 0 bridgehead atoms. The maximum atomic E-state index is 12.4. The minimum atomic E-state index is -1.08. The van der Waals surface area contributed by atoms with Crippen molar-refractivity contribution in [3.05, 3.63) is 30.0 Å². The fourth-order valence-electron chi connectivity index (χ4n) is 2.69. The number of carbonyl (C=O) groups excluding carboxylic acids is 1. The van der Waals surface area contributed by atoms with E-state index in [2.05, 4.69) is 10.3 Å². The number of carboxylic acid groups (broad SMARTS) is 1. The number of fused-ring (bicyclic) bond motifs is 1. The van der Waals surface area contributed by atoms with Gasteiger partial charge in [-0.2, -0.15) is 0 Å². The summed E-state index contributed by atoms with van der Waals surface area (Å²) in [7, 11) is 1.57. The molecule has 1 aromatic heterocycles. The Bertz CT molecular complexity index is 776. The third-order valence-electron chi connectivity index (χ3n) is 3.90. The van der Waals surface area contributed by atoms with Gasteiger partial charge in [0.2, 0.25) is 5.91 Å². The molecular weight excluding hydrogens is 336 g/mol. The van der Waals surface area contributed by atoms with Gasteiger partial charge in [0, 0.05) is 30.1 Å². The SMILES string of the molecule is COc1cccc2[nH]cc(CC(=O)NC(CCOC(C)(C)C)C(=O)O)c12. The average molecular weight is 362 g/mol. The average Bonchev–Trinajstić information content (AvgIpc) is 2.95. The number of carbonyl (C=O) groups is 2. The molecule has 0 saturated carbocycles. The van der Waals surface area contributed by atoms with Crippen LogP contribution in [0, 0.1) is 0 Å². The standard InChI is InChI=1S/C19H26N2O5/c1-19(2,3)26-9-8-14(18(23)24)21-16(22)10-12-11-20-13-6-5-7-15(25-4)17(12)13/h5-7,11,14,20H,8-10H2,1-4H3,(H,21,22)(H,23,24). The number of aromatic amines is 1. The van der Waals surface area contributed by atoms with Crippen molar-refractivity contribution in [2.45, 2.75) is 45.3 Å². The number of carboxylic acids is 1. The molecule has 2 aromatic rings. The predicted molar refractivity (Wildman–Crippen MR) is 98.4 cm³/mol. The Balaban J connectivity index is 2.03. The molecular formula is C19H26N2O5. The number of aromatic nitrogens is 1. The van der Waals surface area contributed by atoms with E-state index in [0.29, 0.717) is 5.75 Å². The van der Waals surface area contributed by atoms with E-state index in [1.807, 2.05) is 39.0 Å². The monoisotopic (exact) mass is 362 g/mol. The molecule has 0 aliphatic rings. The highest BCUT2D eigenvalue weighted by atomic mass is 16.5. The highest BCUT2D eigenvalue weighted by Crippen LogP contribution is 2.28. The lowest BCUT2D eigenvalue weighted by Crippen LogP contribution is -2.42. The van der Waals surface area contributed by atoms with E-state index in [1.165, 1.54) is 0 Å². The Morgan fingerprint density at radius 1 is 1.31 bits per heavy atom. The van der Waals surface area contributed by atoms with E-state index >= 15 is 0 Å². The highest BCUT2D eigenvalue weighted by molar-refractivity contribution is 5.93. The Hall–Kier alpha value is -2.54. The largest absolute Gasteiger partial charge is 0.496 e. The van der Waals surface area contributed by atoms with Crippen LogP contribution in [0.3, 0.4) is 0 Å². The van der Waals surface area contributed by atoms with Crippen molar-refractivity contribution in [3.8, 4) is 5.75 Å². The van der Waals surface area contributed by atoms with E-state index in [-0.39, 0.29) is 31.0 Å². The molecule has 0 spiro atoms. The zero-order valence-electron chi connectivity index (χ0n) is 15.6. The molecule has 1 aromatic carbocycles. The van der Waals surface area contributed by atoms with Gasteiger partial charge in [-0.25, -0.2) is 4.79 Å². The van der Waals surface area contributed by atoms with Crippen LogP contribution in [-0.2, 0) is 20.7 Å². The second-order valence-corrected chi connectivity index (χ2v) is 7.08. The minimum absolute atomic E-state index is 0.0598. The van der Waals surface area contributed by atoms with Crippen LogP contribution in [0.2, 0.25) is 0 Å². The zero-order chi connectivity index (χ0) is 19.3. The summed E-state index contributed by atoms with van der Waals surface area (Å²) in [6, 6.07) is 4.58. The molecule has 1 heterocycles. The number of methoxy groups -OCH3 is 1. The summed E-state index contributed by atoms with van der Waals surface area (Å²) in [5.74, 6) is -0.771. The first kappa shape index (κ1) is 19.8. The second-order valence-electron chi connectivity index (χ2n) is 7.08. The lowest BCUT2D eigenvalue weighted by Gasteiger charge is -2.21. The minimum Gasteiger partial charge on any atom is -0.496 e. The van der Waals surface area contributed by atoms with E-state index < -0.39 is 12.0 Å². The zero-order valence-corrected chi connectivity index (χ0v) is 15.6. The molecule has 1 atom stereocenters. The number of hydrogen-bond acceptors (Lipinski definition) is 4. The van der Waals surface area contributed by atoms with E-state index in [0.717, 1.165) is 16.5 Å². The quantitative estimate of drug-likeness (QED) is 0.670. The molecule has 0 aliphatic heterocycles. The molecule has 2 rings (SSSR count). The van der Waals surface area contributed by atoms with Gasteiger partial charge in [-0.1, -0.05) is 6.07 Å². The molecule has 0 aliphatic carbocycles. The predicted octanol–water partition coefficient (Wildman–Crippen LogP) is 2.49. The van der Waals surface area contributed by atoms with Crippen LogP contribution in [0.5, 0.6) is 5.75 Å². The van der Waals surface area contributed by atoms with Crippen molar-refractivity contribution in [1.82, 2.24) is 10.3 Å². The molecule has 1 amide bonds. The molecule has 0 radical (unpaired) electrons. The third kappa shape index (κ3) is 5.23. The molecule has 7 nitrogen and oxygen atoms in total. The summed E-state index contributed by atoms with van der Waals surface area (Å²) in [5.41, 5.74) is 1.26. The van der Waals surface area contributed by atoms with Crippen molar-refractivity contribution in [2.75, 3.05) is 13.7 Å². The van der Waals surface area contributed by atoms with Gasteiger partial charge in [0.1, 0.15) is 11.8 Å². The van der Waals surface area contributed by atoms with Gasteiger partial charge in [-0.3, -0.25) is 4.79 Å². The molecule has 3 N–H and O–H groups in total. The number of benzene rings is 1. The van der Waals surface area contributed by atoms with Crippen LogP contribution >= 0.6 is 0 Å². The Morgan fingerprint density at radius 3 is 2.65 bits per heavy atom. The summed E-state index contributed by atoms with van der Waals surface area (Å²) in [5, 5.41) is 12.7. The van der Waals surface area contributed by atoms with Gasteiger partial charge in [0.25, 0.3) is 0 Å². The van der Waals surface area contributed by atoms with Crippen LogP contribution in [0.25, 0.3) is 10.9 Å². The van der Waals surface area contributed by atoms with Crippen molar-refractivity contribution < 1.29 is 24.2 Å². The molecule has 1 unspecified atom stereocenters. The molecule has 142 valence electrons. The normalized spacial score (nSPS) is 12.8. The Kier molecular flexibility index (Phi) is 6.26. The number of nitrogens with one attached hydrogen (secondary N) is 2. The topological polar surface area (TPSA) is 101 Å². The first-order chi connectivity index (χ1) is 12.2. The van der Waals surface area contributed by atoms with Gasteiger partial charge in [0.15, 0.2) is 0 Å². The van der Waals surface area contributed by atoms with Crippen molar-refractivity contribution >= 4 is 22.8 Å². The number of H-pyrrole nitrogens is 1. The summed E-state index contributed by atoms with van der Waals surface area (Å²) in [4.78, 5) is 26.9. The Labute approximate surface area is 152 Å². The molecule has 0 saturated heterocycles. The van der Waals surface area contributed by atoms with Crippen LogP contribution in [0.4, 0.5) is 0 Å². The second kappa shape index (κ2) is 8.23. The number of hydrogen-bond donors (Lipinski definition) is 3. The van der Waals surface area contributed by atoms with Crippen molar-refractivity contribution in [2.24, 2.45) is 0 Å². The fourth-order valence-corrected chi connectivity index (χ4v) is 2.69. The molecule has 7 heteroatoms. The number of ether oxygens (including phenoxy) is 2. The maximum absolute atomic E-state index is 12.4. The summed E-state index contributed by atoms with van der Waals surface area (Å²) in [6.07, 6.45) is 2.01. The van der Waals surface area contributed by atoms with Crippen molar-refractivity contribution in [3.63, 3.8) is 0 Å². The highest BCUT2D eigenvalue weighted by Gasteiger charge is 2.22. The van der Waals surface area contributed by atoms with E-state index in [9.17, 15) is 14.7 Å². The van der Waals surface area contributed by atoms with Gasteiger partial charge >= 0.3 is 5.97 Å². The van der Waals surface area contributed by atoms with E-state index in [4.69, 9.17) is 9.47 Å². The number of amides is 1. The lowest BCUT2D eigenvalue weighted by molar-refractivity contribution is -0.142. The summed E-state index contributed by atoms with van der Waals surface area (Å²) in [6.45, 7) is 5.94. The molecule has 0 fully saturated rings. The lowest BCUT2D eigenvalue weighted by atomic mass is 10.1. The van der Waals surface area contributed by atoms with Gasteiger partial charge in [0.05, 0.1) is 19.1 Å². The molecule has 26 heavy (non-hydrogen) atoms. The van der Waals surface area contributed by atoms with Crippen LogP contribution in [0.1, 0.15) is 32.8 Å². The summed E-state index contributed by atoms with van der Waals surface area (Å²) >= 11 is 0. The first-order valence-corrected chi connectivity index (χ1v) is 8.50.